The number of aliphatic carboxylic acids is 1. The van der Waals surface area contributed by atoms with Gasteiger partial charge in [0.1, 0.15) is 5.76 Å². The van der Waals surface area contributed by atoms with Crippen molar-refractivity contribution in [3.63, 3.8) is 0 Å². The van der Waals surface area contributed by atoms with Gasteiger partial charge in [0.05, 0.1) is 6.26 Å². The molecule has 0 atom stereocenters. The molecule has 0 aliphatic rings. The molecule has 1 aromatic rings. The van der Waals surface area contributed by atoms with Crippen LogP contribution < -0.4 is 0 Å². The molecule has 1 rings (SSSR count). The van der Waals surface area contributed by atoms with E-state index in [1.165, 1.54) is 12.3 Å². The van der Waals surface area contributed by atoms with Crippen molar-refractivity contribution in [2.45, 2.75) is 6.92 Å². The predicted molar refractivity (Wildman–Crippen MR) is 45.1 cm³/mol. The lowest BCUT2D eigenvalue weighted by Gasteiger charge is -1.86. The van der Waals surface area contributed by atoms with Crippen LogP contribution in [-0.4, -0.2) is 16.9 Å². The van der Waals surface area contributed by atoms with Crippen molar-refractivity contribution in [1.82, 2.24) is 0 Å². The highest BCUT2D eigenvalue weighted by Gasteiger charge is 2.06. The Morgan fingerprint density at radius 2 is 2.23 bits per heavy atom. The number of ketones is 1. The summed E-state index contributed by atoms with van der Waals surface area (Å²) in [4.78, 5) is 20.7. The van der Waals surface area contributed by atoms with Crippen LogP contribution in [0.2, 0.25) is 0 Å². The van der Waals surface area contributed by atoms with E-state index >= 15 is 0 Å². The summed E-state index contributed by atoms with van der Waals surface area (Å²) in [6.07, 6.45) is 3.78. The summed E-state index contributed by atoms with van der Waals surface area (Å²) in [7, 11) is 0. The minimum absolute atomic E-state index is 0.495. The monoisotopic (exact) mass is 180 g/mol. The Hall–Kier alpha value is -1.84. The maximum absolute atomic E-state index is 10.6. The Balaban J connectivity index is 2.75. The van der Waals surface area contributed by atoms with E-state index in [4.69, 9.17) is 9.52 Å². The molecule has 0 amide bonds. The van der Waals surface area contributed by atoms with E-state index in [9.17, 15) is 9.59 Å². The van der Waals surface area contributed by atoms with Gasteiger partial charge in [-0.25, -0.2) is 4.79 Å². The van der Waals surface area contributed by atoms with Gasteiger partial charge >= 0.3 is 5.97 Å². The Bertz CT molecular complexity index is 359. The summed E-state index contributed by atoms with van der Waals surface area (Å²) in [6.45, 7) is 1.80. The van der Waals surface area contributed by atoms with Gasteiger partial charge in [0.15, 0.2) is 0 Å². The summed E-state index contributed by atoms with van der Waals surface area (Å²) in [5.74, 6) is -1.94. The van der Waals surface area contributed by atoms with Crippen LogP contribution in [0.1, 0.15) is 11.3 Å². The summed E-state index contributed by atoms with van der Waals surface area (Å²) in [6, 6.07) is 1.73. The highest BCUT2D eigenvalue weighted by Crippen LogP contribution is 2.10. The first-order valence-corrected chi connectivity index (χ1v) is 3.60. The third-order valence-corrected chi connectivity index (χ3v) is 1.50. The van der Waals surface area contributed by atoms with E-state index in [0.29, 0.717) is 5.76 Å². The van der Waals surface area contributed by atoms with Gasteiger partial charge in [-0.1, -0.05) is 0 Å². The standard InChI is InChI=1S/C9H8O4/c1-6-4-5-13-8(6)3-2-7(10)9(11)12/h2-5H,1H3,(H,11,12)/b3-2+. The summed E-state index contributed by atoms with van der Waals surface area (Å²) >= 11 is 0. The summed E-state index contributed by atoms with van der Waals surface area (Å²) in [5.41, 5.74) is 0.856. The number of carboxylic acid groups (broad SMARTS) is 1. The van der Waals surface area contributed by atoms with Gasteiger partial charge in [0.2, 0.25) is 0 Å². The first kappa shape index (κ1) is 9.25. The first-order valence-electron chi connectivity index (χ1n) is 3.60. The maximum atomic E-state index is 10.6. The second-order valence-electron chi connectivity index (χ2n) is 2.47. The molecule has 13 heavy (non-hydrogen) atoms. The highest BCUT2D eigenvalue weighted by atomic mass is 16.4. The van der Waals surface area contributed by atoms with Gasteiger partial charge < -0.3 is 9.52 Å². The molecule has 0 aromatic carbocycles. The van der Waals surface area contributed by atoms with Gasteiger partial charge in [-0.3, -0.25) is 4.79 Å². The summed E-state index contributed by atoms with van der Waals surface area (Å²) < 4.78 is 4.96. The predicted octanol–water partition coefficient (Wildman–Crippen LogP) is 1.25. The van der Waals surface area contributed by atoms with Crippen molar-refractivity contribution in [2.75, 3.05) is 0 Å². The molecule has 0 fully saturated rings. The quantitative estimate of drug-likeness (QED) is 0.561. The van der Waals surface area contributed by atoms with Gasteiger partial charge in [-0.15, -0.1) is 0 Å². The first-order chi connectivity index (χ1) is 6.11. The Kier molecular flexibility index (Phi) is 2.64. The molecule has 0 saturated carbocycles. The van der Waals surface area contributed by atoms with Crippen molar-refractivity contribution in [1.29, 1.82) is 0 Å². The van der Waals surface area contributed by atoms with Crippen LogP contribution in [0.15, 0.2) is 22.8 Å². The van der Waals surface area contributed by atoms with Crippen molar-refractivity contribution < 1.29 is 19.1 Å². The normalized spacial score (nSPS) is 10.5. The number of carbonyl (C=O) groups is 2. The van der Waals surface area contributed by atoms with Crippen LogP contribution in [0.4, 0.5) is 0 Å². The number of carboxylic acids is 1. The molecule has 1 heterocycles. The molecule has 0 aliphatic carbocycles. The van der Waals surface area contributed by atoms with Crippen molar-refractivity contribution in [3.8, 4) is 0 Å². The number of aryl methyl sites for hydroxylation is 1. The van der Waals surface area contributed by atoms with Crippen LogP contribution in [-0.2, 0) is 9.59 Å². The number of carbonyl (C=O) groups excluding carboxylic acids is 1. The van der Waals surface area contributed by atoms with Gasteiger partial charge in [-0.05, 0) is 30.7 Å². The zero-order chi connectivity index (χ0) is 9.84. The lowest BCUT2D eigenvalue weighted by Crippen LogP contribution is -2.08. The van der Waals surface area contributed by atoms with Crippen molar-refractivity contribution >= 4 is 17.8 Å². The third kappa shape index (κ3) is 2.30. The minimum Gasteiger partial charge on any atom is -0.475 e. The second-order valence-corrected chi connectivity index (χ2v) is 2.47. The maximum Gasteiger partial charge on any atom is 0.376 e. The van der Waals surface area contributed by atoms with Gasteiger partial charge in [0, 0.05) is 0 Å². The average molecular weight is 180 g/mol. The fourth-order valence-corrected chi connectivity index (χ4v) is 0.778. The third-order valence-electron chi connectivity index (χ3n) is 1.50. The molecule has 4 heteroatoms. The molecule has 0 radical (unpaired) electrons. The number of rotatable bonds is 3. The van der Waals surface area contributed by atoms with Crippen molar-refractivity contribution in [2.24, 2.45) is 0 Å². The lowest BCUT2D eigenvalue weighted by atomic mass is 10.2. The molecule has 1 aromatic heterocycles. The molecule has 4 nitrogen and oxygen atoms in total. The number of hydrogen-bond donors (Lipinski definition) is 1. The topological polar surface area (TPSA) is 67.5 Å². The van der Waals surface area contributed by atoms with E-state index in [1.807, 2.05) is 0 Å². The molecule has 0 saturated heterocycles. The zero-order valence-electron chi connectivity index (χ0n) is 6.98. The Morgan fingerprint density at radius 3 is 2.69 bits per heavy atom. The lowest BCUT2D eigenvalue weighted by molar-refractivity contribution is -0.146. The largest absolute Gasteiger partial charge is 0.475 e. The van der Waals surface area contributed by atoms with Crippen LogP contribution in [0.5, 0.6) is 0 Å². The van der Waals surface area contributed by atoms with Crippen LogP contribution in [0.25, 0.3) is 6.08 Å². The molecule has 0 spiro atoms. The fraction of sp³-hybridized carbons (Fsp3) is 0.111. The fourth-order valence-electron chi connectivity index (χ4n) is 0.778. The van der Waals surface area contributed by atoms with E-state index < -0.39 is 11.8 Å². The van der Waals surface area contributed by atoms with E-state index in [-0.39, 0.29) is 0 Å². The summed E-state index contributed by atoms with van der Waals surface area (Å²) in [5, 5.41) is 8.25. The Morgan fingerprint density at radius 1 is 1.54 bits per heavy atom. The van der Waals surface area contributed by atoms with Gasteiger partial charge in [0.25, 0.3) is 5.78 Å². The molecule has 1 N–H and O–H groups in total. The molecule has 68 valence electrons. The van der Waals surface area contributed by atoms with E-state index in [0.717, 1.165) is 11.6 Å². The molecule has 0 aliphatic heterocycles. The smallest absolute Gasteiger partial charge is 0.376 e. The van der Waals surface area contributed by atoms with E-state index in [2.05, 4.69) is 0 Å². The van der Waals surface area contributed by atoms with Crippen molar-refractivity contribution in [3.05, 3.63) is 29.7 Å². The number of hydrogen-bond acceptors (Lipinski definition) is 3. The molecular formula is C9H8O4. The molecule has 0 unspecified atom stereocenters. The molecule has 0 bridgehead atoms. The van der Waals surface area contributed by atoms with Crippen LogP contribution in [0, 0.1) is 6.92 Å². The average Bonchev–Trinajstić information content (AvgIpc) is 2.47. The molecular weight excluding hydrogens is 172 g/mol. The van der Waals surface area contributed by atoms with Crippen LogP contribution >= 0.6 is 0 Å². The van der Waals surface area contributed by atoms with Gasteiger partial charge in [-0.2, -0.15) is 0 Å². The van der Waals surface area contributed by atoms with E-state index in [1.54, 1.807) is 13.0 Å². The minimum atomic E-state index is -1.47. The zero-order valence-corrected chi connectivity index (χ0v) is 6.98. The van der Waals surface area contributed by atoms with Crippen LogP contribution in [0.3, 0.4) is 0 Å². The second kappa shape index (κ2) is 3.71. The highest BCUT2D eigenvalue weighted by molar-refractivity contribution is 6.38. The SMILES string of the molecule is Cc1ccoc1/C=C/C(=O)C(=O)O. The Labute approximate surface area is 74.5 Å². The number of furan rings is 1.